The largest absolute Gasteiger partial charge is 0.392 e. The topological polar surface area (TPSA) is 40.5 Å². The van der Waals surface area contributed by atoms with Crippen molar-refractivity contribution in [2.24, 2.45) is 0 Å². The zero-order chi connectivity index (χ0) is 17.7. The van der Waals surface area contributed by atoms with Crippen molar-refractivity contribution in [3.05, 3.63) is 83.9 Å². The molecule has 0 amide bonds. The van der Waals surface area contributed by atoms with Crippen LogP contribution in [0.4, 0.5) is 0 Å². The first-order valence-corrected chi connectivity index (χ1v) is 8.80. The van der Waals surface area contributed by atoms with Crippen LogP contribution in [-0.4, -0.2) is 10.2 Å². The van der Waals surface area contributed by atoms with E-state index < -0.39 is 0 Å². The summed E-state index contributed by atoms with van der Waals surface area (Å²) in [6, 6.07) is 25.4. The van der Waals surface area contributed by atoms with E-state index >= 15 is 0 Å². The van der Waals surface area contributed by atoms with Crippen molar-refractivity contribution in [1.29, 1.82) is 0 Å². The Balaban J connectivity index is 1.87. The van der Waals surface area contributed by atoms with Gasteiger partial charge in [-0.3, -0.25) is 0 Å². The van der Waals surface area contributed by atoms with E-state index in [1.165, 1.54) is 32.3 Å². The summed E-state index contributed by atoms with van der Waals surface area (Å²) in [5.74, 6) is 0. The van der Waals surface area contributed by atoms with Crippen molar-refractivity contribution in [1.82, 2.24) is 0 Å². The van der Waals surface area contributed by atoms with Crippen LogP contribution in [0.5, 0.6) is 0 Å². The van der Waals surface area contributed by atoms with E-state index in [1.54, 1.807) is 0 Å². The number of hydrogen-bond acceptors (Lipinski definition) is 2. The Labute approximate surface area is 151 Å². The highest BCUT2D eigenvalue weighted by Gasteiger charge is 2.12. The van der Waals surface area contributed by atoms with Crippen LogP contribution in [0.2, 0.25) is 0 Å². The molecule has 0 saturated carbocycles. The normalized spacial score (nSPS) is 11.8. The molecule has 0 aliphatic carbocycles. The second kappa shape index (κ2) is 5.80. The van der Waals surface area contributed by atoms with Crippen LogP contribution >= 0.6 is 0 Å². The van der Waals surface area contributed by atoms with Crippen LogP contribution < -0.4 is 0 Å². The number of aliphatic hydroxyl groups is 2. The molecule has 0 heterocycles. The monoisotopic (exact) mass is 338 g/mol. The molecule has 126 valence electrons. The Morgan fingerprint density at radius 1 is 0.577 bits per heavy atom. The minimum absolute atomic E-state index is 0.0609. The average molecular weight is 338 g/mol. The second-order valence-electron chi connectivity index (χ2n) is 6.77. The Morgan fingerprint density at radius 3 is 1.96 bits per heavy atom. The van der Waals surface area contributed by atoms with Gasteiger partial charge >= 0.3 is 0 Å². The van der Waals surface area contributed by atoms with Gasteiger partial charge in [0.25, 0.3) is 0 Å². The van der Waals surface area contributed by atoms with Crippen LogP contribution in [0.15, 0.2) is 72.8 Å². The second-order valence-corrected chi connectivity index (χ2v) is 6.77. The molecule has 0 bridgehead atoms. The van der Waals surface area contributed by atoms with Crippen molar-refractivity contribution in [3.63, 3.8) is 0 Å². The molecular formula is C24H18O2. The maximum atomic E-state index is 9.64. The molecule has 5 rings (SSSR count). The molecule has 0 saturated heterocycles. The highest BCUT2D eigenvalue weighted by atomic mass is 16.3. The van der Waals surface area contributed by atoms with Gasteiger partial charge in [0, 0.05) is 0 Å². The highest BCUT2D eigenvalue weighted by Crippen LogP contribution is 2.39. The van der Waals surface area contributed by atoms with E-state index in [1.807, 2.05) is 18.2 Å². The van der Waals surface area contributed by atoms with Crippen molar-refractivity contribution in [2.75, 3.05) is 0 Å². The molecule has 0 unspecified atom stereocenters. The van der Waals surface area contributed by atoms with Crippen molar-refractivity contribution < 1.29 is 10.2 Å². The number of aliphatic hydroxyl groups excluding tert-OH is 2. The molecule has 0 spiro atoms. The molecular weight excluding hydrogens is 320 g/mol. The lowest BCUT2D eigenvalue weighted by Gasteiger charge is -2.15. The van der Waals surface area contributed by atoms with Crippen LogP contribution in [0.3, 0.4) is 0 Å². The third kappa shape index (κ3) is 2.13. The number of benzene rings is 5. The summed E-state index contributed by atoms with van der Waals surface area (Å²) >= 11 is 0. The van der Waals surface area contributed by atoms with Crippen molar-refractivity contribution in [2.45, 2.75) is 13.2 Å². The Hall–Kier alpha value is -2.94. The van der Waals surface area contributed by atoms with Gasteiger partial charge in [0.1, 0.15) is 0 Å². The van der Waals surface area contributed by atoms with Crippen LogP contribution in [0.25, 0.3) is 43.4 Å². The molecule has 5 aromatic carbocycles. The molecule has 2 N–H and O–H groups in total. The molecule has 0 aliphatic rings. The molecule has 2 nitrogen and oxygen atoms in total. The van der Waals surface area contributed by atoms with E-state index in [0.29, 0.717) is 0 Å². The predicted octanol–water partition coefficient (Wildman–Crippen LogP) is 5.24. The summed E-state index contributed by atoms with van der Waals surface area (Å²) in [6.07, 6.45) is 0. The third-order valence-electron chi connectivity index (χ3n) is 5.39. The van der Waals surface area contributed by atoms with Gasteiger partial charge in [-0.1, -0.05) is 66.7 Å². The van der Waals surface area contributed by atoms with Crippen molar-refractivity contribution >= 4 is 32.3 Å². The molecule has 26 heavy (non-hydrogen) atoms. The SMILES string of the molecule is OCc1ccc(-c2ccc3ccc4cccc5ccc2c3c45)cc1CO. The highest BCUT2D eigenvalue weighted by molar-refractivity contribution is 6.25. The standard InChI is InChI=1S/C24H18O2/c25-13-19-7-6-18(12-20(19)14-26)21-10-8-17-5-4-15-2-1-3-16-9-11-22(21)24(17)23(15)16/h1-12,25-26H,13-14H2. The van der Waals surface area contributed by atoms with Crippen LogP contribution in [0.1, 0.15) is 11.1 Å². The molecule has 0 atom stereocenters. The van der Waals surface area contributed by atoms with Crippen LogP contribution in [0, 0.1) is 0 Å². The summed E-state index contributed by atoms with van der Waals surface area (Å²) in [4.78, 5) is 0. The Bertz CT molecular complexity index is 1240. The van der Waals surface area contributed by atoms with Gasteiger partial charge in [-0.15, -0.1) is 0 Å². The predicted molar refractivity (Wildman–Crippen MR) is 107 cm³/mol. The zero-order valence-corrected chi connectivity index (χ0v) is 14.2. The first-order chi connectivity index (χ1) is 12.8. The van der Waals surface area contributed by atoms with E-state index in [-0.39, 0.29) is 13.2 Å². The minimum atomic E-state index is -0.0738. The first kappa shape index (κ1) is 15.3. The summed E-state index contributed by atoms with van der Waals surface area (Å²) in [5, 5.41) is 26.7. The Morgan fingerprint density at radius 2 is 1.23 bits per heavy atom. The number of hydrogen-bond donors (Lipinski definition) is 2. The van der Waals surface area contributed by atoms with Gasteiger partial charge in [0.2, 0.25) is 0 Å². The molecule has 2 heteroatoms. The van der Waals surface area contributed by atoms with Gasteiger partial charge in [-0.2, -0.15) is 0 Å². The lowest BCUT2D eigenvalue weighted by molar-refractivity contribution is 0.260. The Kier molecular flexibility index (Phi) is 3.42. The fourth-order valence-corrected chi connectivity index (χ4v) is 4.08. The molecule has 0 aromatic heterocycles. The van der Waals surface area contributed by atoms with Gasteiger partial charge in [0.15, 0.2) is 0 Å². The summed E-state index contributed by atoms with van der Waals surface area (Å²) in [7, 11) is 0. The lowest BCUT2D eigenvalue weighted by Crippen LogP contribution is -1.95. The van der Waals surface area contributed by atoms with Gasteiger partial charge in [-0.25, -0.2) is 0 Å². The van der Waals surface area contributed by atoms with Crippen LogP contribution in [-0.2, 0) is 13.2 Å². The van der Waals surface area contributed by atoms with Gasteiger partial charge in [-0.05, 0) is 60.6 Å². The maximum absolute atomic E-state index is 9.64. The molecule has 0 fully saturated rings. The zero-order valence-electron chi connectivity index (χ0n) is 14.2. The lowest BCUT2D eigenvalue weighted by atomic mass is 9.89. The fraction of sp³-hybridized carbons (Fsp3) is 0.0833. The fourth-order valence-electron chi connectivity index (χ4n) is 4.08. The summed E-state index contributed by atoms with van der Waals surface area (Å²) < 4.78 is 0. The first-order valence-electron chi connectivity index (χ1n) is 8.80. The molecule has 5 aromatic rings. The molecule has 0 aliphatic heterocycles. The van der Waals surface area contributed by atoms with Crippen molar-refractivity contribution in [3.8, 4) is 11.1 Å². The summed E-state index contributed by atoms with van der Waals surface area (Å²) in [5.41, 5.74) is 3.75. The quantitative estimate of drug-likeness (QED) is 0.442. The third-order valence-corrected chi connectivity index (χ3v) is 5.39. The van der Waals surface area contributed by atoms with Gasteiger partial charge in [0.05, 0.1) is 13.2 Å². The van der Waals surface area contributed by atoms with E-state index in [2.05, 4.69) is 54.6 Å². The maximum Gasteiger partial charge on any atom is 0.0685 e. The average Bonchev–Trinajstić information content (AvgIpc) is 2.71. The smallest absolute Gasteiger partial charge is 0.0685 e. The summed E-state index contributed by atoms with van der Waals surface area (Å²) in [6.45, 7) is -0.135. The van der Waals surface area contributed by atoms with E-state index in [0.717, 1.165) is 22.3 Å². The van der Waals surface area contributed by atoms with E-state index in [4.69, 9.17) is 0 Å². The van der Waals surface area contributed by atoms with Gasteiger partial charge < -0.3 is 10.2 Å². The number of rotatable bonds is 3. The molecule has 0 radical (unpaired) electrons. The minimum Gasteiger partial charge on any atom is -0.392 e. The van der Waals surface area contributed by atoms with E-state index in [9.17, 15) is 10.2 Å².